The van der Waals surface area contributed by atoms with Gasteiger partial charge in [-0.05, 0) is 6.54 Å². The number of rotatable bonds is 3. The Morgan fingerprint density at radius 3 is 1.62 bits per heavy atom. The maximum atomic E-state index is 11.8. The van der Waals surface area contributed by atoms with Gasteiger partial charge < -0.3 is 5.32 Å². The van der Waals surface area contributed by atoms with Gasteiger partial charge in [-0.25, -0.2) is 0 Å². The molecule has 1 nitrogen and oxygen atoms in total. The Labute approximate surface area is 71.1 Å². The van der Waals surface area contributed by atoms with Crippen molar-refractivity contribution >= 4 is 0 Å². The average molecular weight is 209 g/mol. The van der Waals surface area contributed by atoms with Crippen LogP contribution >= 0.6 is 0 Å². The molecule has 0 aromatic heterocycles. The highest BCUT2D eigenvalue weighted by molar-refractivity contribution is 4.77. The zero-order valence-electron chi connectivity index (χ0n) is 6.76. The van der Waals surface area contributed by atoms with Crippen molar-refractivity contribution in [3.05, 3.63) is 0 Å². The van der Waals surface area contributed by atoms with E-state index >= 15 is 0 Å². The molecule has 1 N–H and O–H groups in total. The molecule has 0 fully saturated rings. The van der Waals surface area contributed by atoms with E-state index in [0.29, 0.717) is 0 Å². The molecule has 0 spiro atoms. The van der Waals surface area contributed by atoms with Gasteiger partial charge in [0.25, 0.3) is 0 Å². The lowest BCUT2D eigenvalue weighted by Crippen LogP contribution is -2.43. The van der Waals surface area contributed by atoms with Crippen LogP contribution in [0.4, 0.5) is 26.3 Å². The van der Waals surface area contributed by atoms with Gasteiger partial charge >= 0.3 is 12.4 Å². The van der Waals surface area contributed by atoms with E-state index in [1.165, 1.54) is 6.92 Å². The summed E-state index contributed by atoms with van der Waals surface area (Å²) in [6, 6.07) is 0. The van der Waals surface area contributed by atoms with Crippen LogP contribution in [-0.2, 0) is 0 Å². The molecule has 0 saturated heterocycles. The summed E-state index contributed by atoms with van der Waals surface area (Å²) in [4.78, 5) is 0. The van der Waals surface area contributed by atoms with Crippen molar-refractivity contribution in [3.63, 3.8) is 0 Å². The lowest BCUT2D eigenvalue weighted by Gasteiger charge is -2.22. The summed E-state index contributed by atoms with van der Waals surface area (Å²) in [5, 5.41) is 2.02. The Morgan fingerprint density at radius 1 is 1.00 bits per heavy atom. The summed E-state index contributed by atoms with van der Waals surface area (Å²) in [5.74, 6) is -3.28. The van der Waals surface area contributed by atoms with Gasteiger partial charge in [0.15, 0.2) is 5.92 Å². The molecule has 7 heteroatoms. The van der Waals surface area contributed by atoms with E-state index < -0.39 is 24.8 Å². The molecule has 0 saturated carbocycles. The zero-order valence-corrected chi connectivity index (χ0v) is 6.76. The standard InChI is InChI=1S/C6H9F6N/c1-2-13-3-4(5(7,8)9)6(10,11)12/h4,13H,2-3H2,1H3. The van der Waals surface area contributed by atoms with E-state index in [-0.39, 0.29) is 6.54 Å². The molecule has 0 heterocycles. The molecule has 0 aromatic rings. The Hall–Kier alpha value is -0.460. The highest BCUT2D eigenvalue weighted by atomic mass is 19.4. The molecule has 0 aliphatic carbocycles. The molecule has 13 heavy (non-hydrogen) atoms. The molecule has 0 rings (SSSR count). The van der Waals surface area contributed by atoms with Crippen molar-refractivity contribution < 1.29 is 26.3 Å². The van der Waals surface area contributed by atoms with Crippen LogP contribution in [0.2, 0.25) is 0 Å². The monoisotopic (exact) mass is 209 g/mol. The molecule has 0 aliphatic heterocycles. The summed E-state index contributed by atoms with van der Waals surface area (Å²) in [5.41, 5.74) is 0. The summed E-state index contributed by atoms with van der Waals surface area (Å²) in [7, 11) is 0. The average Bonchev–Trinajstić information content (AvgIpc) is 1.81. The minimum atomic E-state index is -5.24. The Morgan fingerprint density at radius 2 is 1.38 bits per heavy atom. The summed E-state index contributed by atoms with van der Waals surface area (Å²) in [6.07, 6.45) is -10.5. The van der Waals surface area contributed by atoms with E-state index in [2.05, 4.69) is 0 Å². The van der Waals surface area contributed by atoms with Crippen molar-refractivity contribution in [1.29, 1.82) is 0 Å². The van der Waals surface area contributed by atoms with E-state index in [4.69, 9.17) is 0 Å². The third-order valence-electron chi connectivity index (χ3n) is 1.39. The van der Waals surface area contributed by atoms with Gasteiger partial charge in [0.1, 0.15) is 0 Å². The predicted molar refractivity (Wildman–Crippen MR) is 34.1 cm³/mol. The number of hydrogen-bond acceptors (Lipinski definition) is 1. The Kier molecular flexibility index (Phi) is 4.02. The largest absolute Gasteiger partial charge is 0.401 e. The first-order valence-corrected chi connectivity index (χ1v) is 3.53. The van der Waals surface area contributed by atoms with Gasteiger partial charge in [0.05, 0.1) is 0 Å². The van der Waals surface area contributed by atoms with Gasteiger partial charge in [-0.1, -0.05) is 6.92 Å². The third-order valence-corrected chi connectivity index (χ3v) is 1.39. The second kappa shape index (κ2) is 4.17. The zero-order chi connectivity index (χ0) is 10.7. The Bertz CT molecular complexity index is 134. The van der Waals surface area contributed by atoms with E-state index in [1.54, 1.807) is 0 Å². The molecule has 0 unspecified atom stereocenters. The maximum Gasteiger partial charge on any atom is 0.401 e. The van der Waals surface area contributed by atoms with Crippen LogP contribution in [0.15, 0.2) is 0 Å². The van der Waals surface area contributed by atoms with E-state index in [1.807, 2.05) is 5.32 Å². The van der Waals surface area contributed by atoms with Crippen LogP contribution in [0.25, 0.3) is 0 Å². The van der Waals surface area contributed by atoms with Crippen LogP contribution < -0.4 is 5.32 Å². The first-order chi connectivity index (χ1) is 5.69. The fourth-order valence-electron chi connectivity index (χ4n) is 0.706. The lowest BCUT2D eigenvalue weighted by molar-refractivity contribution is -0.281. The number of halogens is 6. The first-order valence-electron chi connectivity index (χ1n) is 3.53. The van der Waals surface area contributed by atoms with Crippen molar-refractivity contribution in [2.45, 2.75) is 19.3 Å². The Balaban J connectivity index is 4.39. The van der Waals surface area contributed by atoms with Crippen molar-refractivity contribution in [3.8, 4) is 0 Å². The van der Waals surface area contributed by atoms with Gasteiger partial charge in [-0.2, -0.15) is 26.3 Å². The second-order valence-corrected chi connectivity index (χ2v) is 2.44. The third kappa shape index (κ3) is 4.35. The van der Waals surface area contributed by atoms with Crippen molar-refractivity contribution in [1.82, 2.24) is 5.32 Å². The summed E-state index contributed by atoms with van der Waals surface area (Å²) in [6.45, 7) is 0.385. The van der Waals surface area contributed by atoms with E-state index in [9.17, 15) is 26.3 Å². The first kappa shape index (κ1) is 12.5. The normalized spacial score (nSPS) is 13.8. The second-order valence-electron chi connectivity index (χ2n) is 2.44. The molecule has 0 amide bonds. The van der Waals surface area contributed by atoms with Gasteiger partial charge in [-0.15, -0.1) is 0 Å². The minimum absolute atomic E-state index is 0.0721. The van der Waals surface area contributed by atoms with E-state index in [0.717, 1.165) is 0 Å². The van der Waals surface area contributed by atoms with Gasteiger partial charge in [0.2, 0.25) is 0 Å². The fraction of sp³-hybridized carbons (Fsp3) is 1.00. The van der Waals surface area contributed by atoms with Gasteiger partial charge in [-0.3, -0.25) is 0 Å². The SMILES string of the molecule is CCNCC(C(F)(F)F)C(F)(F)F. The molecule has 0 radical (unpaired) electrons. The summed E-state index contributed by atoms with van der Waals surface area (Å²) < 4.78 is 70.7. The topological polar surface area (TPSA) is 12.0 Å². The highest BCUT2D eigenvalue weighted by Crippen LogP contribution is 2.38. The lowest BCUT2D eigenvalue weighted by atomic mass is 10.1. The molecular formula is C6H9F6N. The predicted octanol–water partition coefficient (Wildman–Crippen LogP) is 2.34. The molecule has 0 bridgehead atoms. The number of hydrogen-bond donors (Lipinski definition) is 1. The minimum Gasteiger partial charge on any atom is -0.316 e. The molecule has 0 aromatic carbocycles. The highest BCUT2D eigenvalue weighted by Gasteiger charge is 2.55. The smallest absolute Gasteiger partial charge is 0.316 e. The van der Waals surface area contributed by atoms with Crippen LogP contribution in [0, 0.1) is 5.92 Å². The van der Waals surface area contributed by atoms with Crippen molar-refractivity contribution in [2.75, 3.05) is 13.1 Å². The van der Waals surface area contributed by atoms with Crippen LogP contribution in [0.1, 0.15) is 6.92 Å². The number of alkyl halides is 6. The number of nitrogens with one attached hydrogen (secondary N) is 1. The van der Waals surface area contributed by atoms with Crippen LogP contribution in [0.5, 0.6) is 0 Å². The molecule has 0 atom stereocenters. The van der Waals surface area contributed by atoms with Crippen molar-refractivity contribution in [2.24, 2.45) is 5.92 Å². The van der Waals surface area contributed by atoms with Crippen LogP contribution in [-0.4, -0.2) is 25.4 Å². The summed E-state index contributed by atoms with van der Waals surface area (Å²) >= 11 is 0. The quantitative estimate of drug-likeness (QED) is 0.703. The molecule has 0 aliphatic rings. The maximum absolute atomic E-state index is 11.8. The molecular weight excluding hydrogens is 200 g/mol. The molecule has 80 valence electrons. The van der Waals surface area contributed by atoms with Crippen LogP contribution in [0.3, 0.4) is 0 Å². The van der Waals surface area contributed by atoms with Gasteiger partial charge in [0, 0.05) is 6.54 Å². The fourth-order valence-corrected chi connectivity index (χ4v) is 0.706.